The van der Waals surface area contributed by atoms with E-state index >= 15 is 0 Å². The number of Topliss-reactive ketones (excluding diaryl/α,β-unsaturated/α-hetero) is 2. The molecule has 6 heteroatoms. The van der Waals surface area contributed by atoms with Crippen LogP contribution in [0.2, 0.25) is 0 Å². The molecule has 1 aliphatic carbocycles. The van der Waals surface area contributed by atoms with Crippen molar-refractivity contribution >= 4 is 28.7 Å². The fraction of sp³-hybridized carbons (Fsp3) is 0.333. The Labute approximate surface area is 144 Å². The number of aliphatic hydroxyl groups is 1. The Hall–Kier alpha value is -2.34. The second kappa shape index (κ2) is 6.28. The number of aliphatic hydroxyl groups excluding tert-OH is 1. The monoisotopic (exact) mass is 342 g/mol. The van der Waals surface area contributed by atoms with E-state index in [4.69, 9.17) is 0 Å². The first-order chi connectivity index (χ1) is 11.4. The van der Waals surface area contributed by atoms with Gasteiger partial charge < -0.3 is 5.11 Å². The van der Waals surface area contributed by atoms with Crippen LogP contribution in [0.5, 0.6) is 0 Å². The molecule has 24 heavy (non-hydrogen) atoms. The molecule has 2 aromatic heterocycles. The molecule has 0 atom stereocenters. The third-order valence-electron chi connectivity index (χ3n) is 4.13. The van der Waals surface area contributed by atoms with Crippen molar-refractivity contribution in [3.05, 3.63) is 50.2 Å². The highest BCUT2D eigenvalue weighted by molar-refractivity contribution is 7.14. The summed E-state index contributed by atoms with van der Waals surface area (Å²) in [6.07, 6.45) is 2.86. The Morgan fingerprint density at radius 1 is 1.33 bits per heavy atom. The van der Waals surface area contributed by atoms with Crippen LogP contribution in [0, 0.1) is 13.8 Å². The average molecular weight is 342 g/mol. The fourth-order valence-corrected chi connectivity index (χ4v) is 3.85. The van der Waals surface area contributed by atoms with E-state index in [-0.39, 0.29) is 23.7 Å². The highest BCUT2D eigenvalue weighted by Crippen LogP contribution is 2.33. The van der Waals surface area contributed by atoms with Gasteiger partial charge >= 0.3 is 0 Å². The molecule has 0 amide bonds. The first kappa shape index (κ1) is 16.5. The Kier molecular flexibility index (Phi) is 4.32. The second-order valence-electron chi connectivity index (χ2n) is 6.04. The number of carbonyl (C=O) groups is 2. The quantitative estimate of drug-likeness (QED) is 0.683. The third kappa shape index (κ3) is 3.01. The number of rotatable bonds is 3. The van der Waals surface area contributed by atoms with Crippen LogP contribution in [0.25, 0.3) is 5.76 Å². The number of ketones is 2. The first-order valence-corrected chi connectivity index (χ1v) is 8.57. The van der Waals surface area contributed by atoms with Crippen LogP contribution in [0.3, 0.4) is 0 Å². The maximum atomic E-state index is 12.7. The molecule has 3 rings (SSSR count). The topological polar surface area (TPSA) is 80.2 Å². The van der Waals surface area contributed by atoms with Crippen LogP contribution in [0.1, 0.15) is 50.5 Å². The number of fused-ring (bicyclic) bond motifs is 1. The average Bonchev–Trinajstić information content (AvgIpc) is 2.92. The van der Waals surface area contributed by atoms with E-state index < -0.39 is 0 Å². The van der Waals surface area contributed by atoms with Gasteiger partial charge in [-0.2, -0.15) is 0 Å². The summed E-state index contributed by atoms with van der Waals surface area (Å²) in [7, 11) is 0. The normalized spacial score (nSPS) is 16.0. The highest BCUT2D eigenvalue weighted by atomic mass is 32.1. The van der Waals surface area contributed by atoms with Gasteiger partial charge in [0.2, 0.25) is 5.78 Å². The number of aromatic nitrogens is 2. The SMILES string of the molecule is CC(=O)Cc1nc2c(s1)C(=O)/C(=C(\O)c1cnc(C)c(C)c1)CC2. The zero-order valence-corrected chi connectivity index (χ0v) is 14.7. The molecule has 0 unspecified atom stereocenters. The fourth-order valence-electron chi connectivity index (χ4n) is 2.70. The molecule has 2 aromatic rings. The van der Waals surface area contributed by atoms with E-state index in [1.54, 1.807) is 6.20 Å². The van der Waals surface area contributed by atoms with Crippen LogP contribution in [0.4, 0.5) is 0 Å². The molecule has 0 saturated heterocycles. The van der Waals surface area contributed by atoms with Gasteiger partial charge in [0.1, 0.15) is 16.6 Å². The minimum atomic E-state index is -0.195. The first-order valence-electron chi connectivity index (χ1n) is 7.75. The summed E-state index contributed by atoms with van der Waals surface area (Å²) in [6.45, 7) is 5.32. The number of pyridine rings is 1. The number of nitrogens with zero attached hydrogens (tertiary/aromatic N) is 2. The summed E-state index contributed by atoms with van der Waals surface area (Å²) in [5, 5.41) is 11.2. The lowest BCUT2D eigenvalue weighted by Crippen LogP contribution is -2.14. The largest absolute Gasteiger partial charge is 0.507 e. The molecule has 1 aliphatic rings. The van der Waals surface area contributed by atoms with Crippen molar-refractivity contribution in [2.75, 3.05) is 0 Å². The van der Waals surface area contributed by atoms with Crippen LogP contribution in [-0.4, -0.2) is 26.6 Å². The van der Waals surface area contributed by atoms with Gasteiger partial charge in [-0.15, -0.1) is 11.3 Å². The van der Waals surface area contributed by atoms with E-state index in [9.17, 15) is 14.7 Å². The summed E-state index contributed by atoms with van der Waals surface area (Å²) in [6, 6.07) is 1.83. The summed E-state index contributed by atoms with van der Waals surface area (Å²) in [4.78, 5) is 33.2. The van der Waals surface area contributed by atoms with Crippen molar-refractivity contribution in [2.45, 2.75) is 40.0 Å². The molecule has 0 saturated carbocycles. The van der Waals surface area contributed by atoms with E-state index in [1.165, 1.54) is 18.3 Å². The molecule has 0 fully saturated rings. The zero-order chi connectivity index (χ0) is 17.4. The molecular weight excluding hydrogens is 324 g/mol. The predicted molar refractivity (Wildman–Crippen MR) is 92.4 cm³/mol. The van der Waals surface area contributed by atoms with Crippen molar-refractivity contribution < 1.29 is 14.7 Å². The van der Waals surface area contributed by atoms with Crippen molar-refractivity contribution in [3.8, 4) is 0 Å². The van der Waals surface area contributed by atoms with E-state index in [2.05, 4.69) is 9.97 Å². The molecule has 0 spiro atoms. The maximum Gasteiger partial charge on any atom is 0.204 e. The highest BCUT2D eigenvalue weighted by Gasteiger charge is 2.29. The van der Waals surface area contributed by atoms with Gasteiger partial charge in [-0.05, 0) is 45.2 Å². The molecule has 5 nitrogen and oxygen atoms in total. The lowest BCUT2D eigenvalue weighted by Gasteiger charge is -2.15. The summed E-state index contributed by atoms with van der Waals surface area (Å²) < 4.78 is 0. The molecular formula is C18H18N2O3S. The lowest BCUT2D eigenvalue weighted by atomic mass is 9.93. The molecule has 0 aromatic carbocycles. The van der Waals surface area contributed by atoms with E-state index in [0.29, 0.717) is 33.9 Å². The van der Waals surface area contributed by atoms with Crippen LogP contribution >= 0.6 is 11.3 Å². The summed E-state index contributed by atoms with van der Waals surface area (Å²) in [5.41, 5.74) is 3.54. The van der Waals surface area contributed by atoms with Gasteiger partial charge in [-0.1, -0.05) is 0 Å². The second-order valence-corrected chi connectivity index (χ2v) is 7.13. The van der Waals surface area contributed by atoms with Crippen molar-refractivity contribution in [1.29, 1.82) is 0 Å². The molecule has 1 N–H and O–H groups in total. The maximum absolute atomic E-state index is 12.7. The van der Waals surface area contributed by atoms with Crippen molar-refractivity contribution in [3.63, 3.8) is 0 Å². The number of hydrogen-bond donors (Lipinski definition) is 1. The standard InChI is InChI=1S/C18H18N2O3S/c1-9-6-12(8-19-11(9)3)16(22)13-4-5-14-18(17(13)23)24-15(20-14)7-10(2)21/h6,8,22H,4-5,7H2,1-3H3/b16-13-. The molecule has 124 valence electrons. The van der Waals surface area contributed by atoms with Gasteiger partial charge in [-0.3, -0.25) is 14.6 Å². The zero-order valence-electron chi connectivity index (χ0n) is 13.8. The van der Waals surface area contributed by atoms with Gasteiger partial charge in [0.15, 0.2) is 0 Å². The van der Waals surface area contributed by atoms with Crippen LogP contribution in [-0.2, 0) is 17.6 Å². The molecule has 0 aliphatic heterocycles. The minimum Gasteiger partial charge on any atom is -0.507 e. The lowest BCUT2D eigenvalue weighted by molar-refractivity contribution is -0.116. The smallest absolute Gasteiger partial charge is 0.204 e. The molecule has 0 bridgehead atoms. The minimum absolute atomic E-state index is 0.0113. The van der Waals surface area contributed by atoms with E-state index in [1.807, 2.05) is 19.9 Å². The van der Waals surface area contributed by atoms with Gasteiger partial charge in [0, 0.05) is 23.0 Å². The van der Waals surface area contributed by atoms with Crippen LogP contribution < -0.4 is 0 Å². The Bertz CT molecular complexity index is 880. The van der Waals surface area contributed by atoms with Gasteiger partial charge in [-0.25, -0.2) is 4.98 Å². The van der Waals surface area contributed by atoms with Crippen molar-refractivity contribution in [1.82, 2.24) is 9.97 Å². The number of carbonyl (C=O) groups excluding carboxylic acids is 2. The number of allylic oxidation sites excluding steroid dienone is 1. The third-order valence-corrected chi connectivity index (χ3v) is 5.23. The van der Waals surface area contributed by atoms with Crippen LogP contribution in [0.15, 0.2) is 17.8 Å². The Morgan fingerprint density at radius 2 is 2.08 bits per heavy atom. The number of aryl methyl sites for hydroxylation is 3. The molecule has 2 heterocycles. The Balaban J connectivity index is 1.98. The predicted octanol–water partition coefficient (Wildman–Crippen LogP) is 3.38. The molecule has 0 radical (unpaired) electrons. The van der Waals surface area contributed by atoms with Gasteiger partial charge in [0.25, 0.3) is 0 Å². The Morgan fingerprint density at radius 3 is 2.75 bits per heavy atom. The van der Waals surface area contributed by atoms with Gasteiger partial charge in [0.05, 0.1) is 17.0 Å². The number of thiazole rings is 1. The van der Waals surface area contributed by atoms with Crippen molar-refractivity contribution in [2.24, 2.45) is 0 Å². The van der Waals surface area contributed by atoms with E-state index in [0.717, 1.165) is 17.0 Å². The summed E-state index contributed by atoms with van der Waals surface area (Å²) in [5.74, 6) is -0.185. The summed E-state index contributed by atoms with van der Waals surface area (Å²) >= 11 is 1.25. The number of hydrogen-bond acceptors (Lipinski definition) is 6.